The van der Waals surface area contributed by atoms with Gasteiger partial charge in [-0.25, -0.2) is 4.79 Å². The quantitative estimate of drug-likeness (QED) is 0.288. The monoisotopic (exact) mass is 532 g/mol. The fourth-order valence-corrected chi connectivity index (χ4v) is 4.22. The maximum Gasteiger partial charge on any atom is 0.408 e. The summed E-state index contributed by atoms with van der Waals surface area (Å²) in [5, 5.41) is 5.52. The molecular weight excluding hydrogens is 484 g/mol. The van der Waals surface area contributed by atoms with Crippen LogP contribution in [0.25, 0.3) is 0 Å². The molecule has 0 fully saturated rings. The first-order valence-corrected chi connectivity index (χ1v) is 13.7. The third-order valence-electron chi connectivity index (χ3n) is 6.04. The highest BCUT2D eigenvalue weighted by molar-refractivity contribution is 5.94. The van der Waals surface area contributed by atoms with E-state index in [-0.39, 0.29) is 12.5 Å². The molecule has 0 radical (unpaired) electrons. The van der Waals surface area contributed by atoms with Crippen molar-refractivity contribution in [3.05, 3.63) is 34.9 Å². The Morgan fingerprint density at radius 1 is 1.00 bits per heavy atom. The number of hydrogen-bond acceptors (Lipinski definition) is 5. The summed E-state index contributed by atoms with van der Waals surface area (Å²) in [6.07, 6.45) is 4.00. The molecule has 0 aliphatic carbocycles. The van der Waals surface area contributed by atoms with Crippen LogP contribution in [0.1, 0.15) is 102 Å². The SMILES string of the molecule is CCCCCNC(=O)C(c1ccc(C)cc1C)N(CCCCC)C(=O)C(CC(N)=O)NC(=O)OC(C)(C)C. The Balaban J connectivity index is 3.50. The number of ether oxygens (including phenoxy) is 1. The first kappa shape index (κ1) is 32.9. The van der Waals surface area contributed by atoms with E-state index in [0.717, 1.165) is 43.2 Å². The average Bonchev–Trinajstić information content (AvgIpc) is 2.80. The van der Waals surface area contributed by atoms with Crippen LogP contribution in [0.2, 0.25) is 0 Å². The lowest BCUT2D eigenvalue weighted by atomic mass is 9.95. The van der Waals surface area contributed by atoms with E-state index in [4.69, 9.17) is 10.5 Å². The Morgan fingerprint density at radius 2 is 1.63 bits per heavy atom. The number of carbonyl (C=O) groups is 4. The van der Waals surface area contributed by atoms with Crippen LogP contribution in [0.5, 0.6) is 0 Å². The summed E-state index contributed by atoms with van der Waals surface area (Å²) in [6.45, 7) is 13.9. The van der Waals surface area contributed by atoms with Crippen LogP contribution in [-0.2, 0) is 19.1 Å². The molecule has 9 heteroatoms. The van der Waals surface area contributed by atoms with E-state index >= 15 is 0 Å². The Labute approximate surface area is 228 Å². The van der Waals surface area contributed by atoms with Gasteiger partial charge in [-0.15, -0.1) is 0 Å². The van der Waals surface area contributed by atoms with Gasteiger partial charge in [-0.05, 0) is 58.6 Å². The molecule has 1 rings (SSSR count). The number of nitrogens with one attached hydrogen (secondary N) is 2. The van der Waals surface area contributed by atoms with E-state index in [2.05, 4.69) is 17.6 Å². The largest absolute Gasteiger partial charge is 0.444 e. The predicted molar refractivity (Wildman–Crippen MR) is 149 cm³/mol. The maximum absolute atomic E-state index is 14.0. The van der Waals surface area contributed by atoms with Crippen molar-refractivity contribution in [1.82, 2.24) is 15.5 Å². The van der Waals surface area contributed by atoms with Crippen LogP contribution in [0.3, 0.4) is 0 Å². The third-order valence-corrected chi connectivity index (χ3v) is 6.04. The first-order chi connectivity index (χ1) is 17.8. The van der Waals surface area contributed by atoms with Crippen LogP contribution in [0.15, 0.2) is 18.2 Å². The van der Waals surface area contributed by atoms with Crippen LogP contribution in [-0.4, -0.2) is 53.4 Å². The summed E-state index contributed by atoms with van der Waals surface area (Å²) in [5.74, 6) is -1.60. The van der Waals surface area contributed by atoms with E-state index in [0.29, 0.717) is 18.5 Å². The normalized spacial score (nSPS) is 12.8. The van der Waals surface area contributed by atoms with Crippen molar-refractivity contribution in [2.24, 2.45) is 5.73 Å². The van der Waals surface area contributed by atoms with Gasteiger partial charge in [0.1, 0.15) is 17.7 Å². The molecule has 0 aromatic heterocycles. The van der Waals surface area contributed by atoms with Crippen molar-refractivity contribution >= 4 is 23.8 Å². The summed E-state index contributed by atoms with van der Waals surface area (Å²) in [7, 11) is 0. The van der Waals surface area contributed by atoms with Gasteiger partial charge in [0.2, 0.25) is 17.7 Å². The van der Waals surface area contributed by atoms with Gasteiger partial charge >= 0.3 is 6.09 Å². The zero-order valence-electron chi connectivity index (χ0n) is 24.3. The number of carbonyl (C=O) groups excluding carboxylic acids is 4. The highest BCUT2D eigenvalue weighted by Gasteiger charge is 2.37. The summed E-state index contributed by atoms with van der Waals surface area (Å²) >= 11 is 0. The second-order valence-electron chi connectivity index (χ2n) is 10.9. The minimum atomic E-state index is -1.27. The number of nitrogens with two attached hydrogens (primary N) is 1. The molecule has 1 aromatic rings. The molecule has 9 nitrogen and oxygen atoms in total. The van der Waals surface area contributed by atoms with Crippen molar-refractivity contribution in [3.8, 4) is 0 Å². The fraction of sp³-hybridized carbons (Fsp3) is 0.655. The Morgan fingerprint density at radius 3 is 2.18 bits per heavy atom. The van der Waals surface area contributed by atoms with E-state index in [1.807, 2.05) is 39.0 Å². The molecule has 0 spiro atoms. The van der Waals surface area contributed by atoms with Gasteiger partial charge in [0.05, 0.1) is 6.42 Å². The van der Waals surface area contributed by atoms with Crippen LogP contribution >= 0.6 is 0 Å². The molecule has 0 aliphatic heterocycles. The summed E-state index contributed by atoms with van der Waals surface area (Å²) in [6, 6.07) is 3.54. The molecule has 4 N–H and O–H groups in total. The number of hydrogen-bond donors (Lipinski definition) is 3. The molecule has 0 saturated carbocycles. The van der Waals surface area contributed by atoms with Gasteiger partial charge in [0.25, 0.3) is 0 Å². The Kier molecular flexibility index (Phi) is 13.9. The van der Waals surface area contributed by atoms with Gasteiger partial charge in [0.15, 0.2) is 0 Å². The van der Waals surface area contributed by atoms with Crippen molar-refractivity contribution in [3.63, 3.8) is 0 Å². The highest BCUT2D eigenvalue weighted by Crippen LogP contribution is 2.27. The van der Waals surface area contributed by atoms with E-state index in [1.54, 1.807) is 20.8 Å². The lowest BCUT2D eigenvalue weighted by Crippen LogP contribution is -2.54. The molecule has 0 heterocycles. The standard InChI is InChI=1S/C29H48N4O5/c1-8-10-12-16-31-26(35)25(22-15-14-20(3)18-21(22)4)33(17-13-11-9-2)27(36)23(19-24(30)34)32-28(37)38-29(5,6)7/h14-15,18,23,25H,8-13,16-17,19H2,1-7H3,(H2,30,34)(H,31,35)(H,32,37). The minimum Gasteiger partial charge on any atom is -0.444 e. The first-order valence-electron chi connectivity index (χ1n) is 13.7. The lowest BCUT2D eigenvalue weighted by molar-refractivity contribution is -0.143. The fourth-order valence-electron chi connectivity index (χ4n) is 4.22. The van der Waals surface area contributed by atoms with Crippen molar-refractivity contribution in [2.75, 3.05) is 13.1 Å². The van der Waals surface area contributed by atoms with Gasteiger partial charge in [0, 0.05) is 13.1 Å². The lowest BCUT2D eigenvalue weighted by Gasteiger charge is -2.35. The van der Waals surface area contributed by atoms with Crippen molar-refractivity contribution in [1.29, 1.82) is 0 Å². The molecule has 0 aliphatic rings. The molecular formula is C29H48N4O5. The van der Waals surface area contributed by atoms with E-state index < -0.39 is 42.0 Å². The van der Waals surface area contributed by atoms with Gasteiger partial charge in [-0.3, -0.25) is 14.4 Å². The maximum atomic E-state index is 14.0. The number of rotatable bonds is 15. The van der Waals surface area contributed by atoms with Crippen LogP contribution < -0.4 is 16.4 Å². The molecule has 4 amide bonds. The molecule has 0 saturated heterocycles. The zero-order valence-corrected chi connectivity index (χ0v) is 24.3. The zero-order chi connectivity index (χ0) is 28.9. The van der Waals surface area contributed by atoms with Crippen LogP contribution in [0, 0.1) is 13.8 Å². The number of unbranched alkanes of at least 4 members (excludes halogenated alkanes) is 4. The van der Waals surface area contributed by atoms with Gasteiger partial charge in [-0.1, -0.05) is 63.3 Å². The average molecular weight is 533 g/mol. The molecule has 1 aromatic carbocycles. The van der Waals surface area contributed by atoms with E-state index in [1.165, 1.54) is 4.90 Å². The molecule has 2 atom stereocenters. The van der Waals surface area contributed by atoms with Gasteiger partial charge in [-0.2, -0.15) is 0 Å². The number of amides is 4. The minimum absolute atomic E-state index is 0.276. The number of primary amides is 1. The third kappa shape index (κ3) is 11.5. The number of nitrogens with zero attached hydrogens (tertiary/aromatic N) is 1. The Bertz CT molecular complexity index is 941. The molecule has 38 heavy (non-hydrogen) atoms. The smallest absolute Gasteiger partial charge is 0.408 e. The predicted octanol–water partition coefficient (Wildman–Crippen LogP) is 4.44. The highest BCUT2D eigenvalue weighted by atomic mass is 16.6. The number of benzene rings is 1. The number of alkyl carbamates (subject to hydrolysis) is 1. The summed E-state index contributed by atoms with van der Waals surface area (Å²) in [5.41, 5.74) is 7.27. The summed E-state index contributed by atoms with van der Waals surface area (Å²) in [4.78, 5) is 53.6. The van der Waals surface area contributed by atoms with Crippen LogP contribution in [0.4, 0.5) is 4.79 Å². The second kappa shape index (κ2) is 16.0. The summed E-state index contributed by atoms with van der Waals surface area (Å²) < 4.78 is 5.33. The van der Waals surface area contributed by atoms with Crippen molar-refractivity contribution in [2.45, 2.75) is 111 Å². The van der Waals surface area contributed by atoms with Gasteiger partial charge < -0.3 is 26.0 Å². The molecule has 0 bridgehead atoms. The van der Waals surface area contributed by atoms with Crippen molar-refractivity contribution < 1.29 is 23.9 Å². The second-order valence-corrected chi connectivity index (χ2v) is 10.9. The van der Waals surface area contributed by atoms with E-state index in [9.17, 15) is 19.2 Å². The number of aryl methyl sites for hydroxylation is 2. The molecule has 214 valence electrons. The molecule has 2 unspecified atom stereocenters. The Hall–Kier alpha value is -3.10. The topological polar surface area (TPSA) is 131 Å².